The first-order valence-electron chi connectivity index (χ1n) is 5.16. The molecule has 0 amide bonds. The topological polar surface area (TPSA) is 64.3 Å². The lowest BCUT2D eigenvalue weighted by Gasteiger charge is -2.17. The Hall–Kier alpha value is -2.30. The van der Waals surface area contributed by atoms with Crippen molar-refractivity contribution in [2.45, 2.75) is 0 Å². The van der Waals surface area contributed by atoms with E-state index in [1.54, 1.807) is 19.5 Å². The number of ether oxygens (including phenoxy) is 1. The SMILES string of the molecule is COc1ccc(N(C)c2ncc(N)cn2)cc1. The lowest BCUT2D eigenvalue weighted by atomic mass is 10.3. The van der Waals surface area contributed by atoms with Crippen LogP contribution in [0.4, 0.5) is 17.3 Å². The van der Waals surface area contributed by atoms with Crippen LogP contribution in [-0.4, -0.2) is 24.1 Å². The fraction of sp³-hybridized carbons (Fsp3) is 0.167. The second kappa shape index (κ2) is 4.69. The molecule has 88 valence electrons. The summed E-state index contributed by atoms with van der Waals surface area (Å²) in [4.78, 5) is 10.2. The van der Waals surface area contributed by atoms with Crippen LogP contribution in [0.5, 0.6) is 5.75 Å². The molecule has 0 fully saturated rings. The minimum atomic E-state index is 0.553. The van der Waals surface area contributed by atoms with Crippen LogP contribution in [0.3, 0.4) is 0 Å². The van der Waals surface area contributed by atoms with Gasteiger partial charge in [-0.05, 0) is 24.3 Å². The average molecular weight is 230 g/mol. The zero-order chi connectivity index (χ0) is 12.3. The highest BCUT2D eigenvalue weighted by atomic mass is 16.5. The highest BCUT2D eigenvalue weighted by Crippen LogP contribution is 2.22. The van der Waals surface area contributed by atoms with E-state index in [9.17, 15) is 0 Å². The minimum absolute atomic E-state index is 0.553. The van der Waals surface area contributed by atoms with Gasteiger partial charge in [-0.25, -0.2) is 9.97 Å². The molecule has 0 saturated carbocycles. The van der Waals surface area contributed by atoms with Crippen molar-refractivity contribution in [2.75, 3.05) is 24.8 Å². The molecule has 0 aliphatic carbocycles. The van der Waals surface area contributed by atoms with Gasteiger partial charge in [-0.2, -0.15) is 0 Å². The zero-order valence-electron chi connectivity index (χ0n) is 9.79. The van der Waals surface area contributed by atoms with Crippen LogP contribution in [0.2, 0.25) is 0 Å². The molecule has 5 nitrogen and oxygen atoms in total. The number of hydrogen-bond acceptors (Lipinski definition) is 5. The molecule has 2 rings (SSSR count). The molecule has 0 aliphatic heterocycles. The van der Waals surface area contributed by atoms with Crippen molar-refractivity contribution in [1.29, 1.82) is 0 Å². The summed E-state index contributed by atoms with van der Waals surface area (Å²) in [6.45, 7) is 0. The number of nitrogen functional groups attached to an aromatic ring is 1. The number of nitrogens with two attached hydrogens (primary N) is 1. The molecule has 1 heterocycles. The van der Waals surface area contributed by atoms with Crippen LogP contribution in [-0.2, 0) is 0 Å². The molecule has 0 spiro atoms. The van der Waals surface area contributed by atoms with E-state index in [-0.39, 0.29) is 0 Å². The summed E-state index contributed by atoms with van der Waals surface area (Å²) < 4.78 is 5.10. The number of methoxy groups -OCH3 is 1. The minimum Gasteiger partial charge on any atom is -0.497 e. The van der Waals surface area contributed by atoms with Crippen molar-refractivity contribution in [2.24, 2.45) is 0 Å². The molecule has 0 unspecified atom stereocenters. The van der Waals surface area contributed by atoms with Crippen LogP contribution in [0.25, 0.3) is 0 Å². The van der Waals surface area contributed by atoms with Gasteiger partial charge in [0.05, 0.1) is 25.2 Å². The maximum atomic E-state index is 5.54. The Morgan fingerprint density at radius 1 is 1.12 bits per heavy atom. The van der Waals surface area contributed by atoms with Gasteiger partial charge in [-0.3, -0.25) is 0 Å². The zero-order valence-corrected chi connectivity index (χ0v) is 9.79. The number of anilines is 3. The van der Waals surface area contributed by atoms with Crippen molar-refractivity contribution >= 4 is 17.3 Å². The van der Waals surface area contributed by atoms with Crippen molar-refractivity contribution in [1.82, 2.24) is 9.97 Å². The van der Waals surface area contributed by atoms with Gasteiger partial charge in [0.15, 0.2) is 0 Å². The van der Waals surface area contributed by atoms with Crippen LogP contribution < -0.4 is 15.4 Å². The summed E-state index contributed by atoms with van der Waals surface area (Å²) in [6.07, 6.45) is 3.17. The maximum Gasteiger partial charge on any atom is 0.229 e. The highest BCUT2D eigenvalue weighted by molar-refractivity contribution is 5.57. The van der Waals surface area contributed by atoms with E-state index < -0.39 is 0 Å². The Morgan fingerprint density at radius 2 is 1.71 bits per heavy atom. The van der Waals surface area contributed by atoms with Crippen molar-refractivity contribution in [3.05, 3.63) is 36.7 Å². The monoisotopic (exact) mass is 230 g/mol. The first-order valence-corrected chi connectivity index (χ1v) is 5.16. The molecule has 0 aliphatic rings. The Labute approximate surface area is 99.9 Å². The smallest absolute Gasteiger partial charge is 0.229 e. The number of rotatable bonds is 3. The van der Waals surface area contributed by atoms with Crippen LogP contribution in [0, 0.1) is 0 Å². The van der Waals surface area contributed by atoms with Crippen LogP contribution in [0.1, 0.15) is 0 Å². The molecular formula is C12H14N4O. The molecule has 2 aromatic rings. The Bertz CT molecular complexity index is 481. The second-order valence-corrected chi connectivity index (χ2v) is 3.57. The Balaban J connectivity index is 2.23. The lowest BCUT2D eigenvalue weighted by molar-refractivity contribution is 0.415. The van der Waals surface area contributed by atoms with Gasteiger partial charge in [-0.1, -0.05) is 0 Å². The van der Waals surface area contributed by atoms with E-state index in [1.165, 1.54) is 0 Å². The molecule has 0 saturated heterocycles. The van der Waals surface area contributed by atoms with Gasteiger partial charge in [0, 0.05) is 12.7 Å². The molecule has 0 radical (unpaired) electrons. The van der Waals surface area contributed by atoms with E-state index in [0.717, 1.165) is 11.4 Å². The summed E-state index contributed by atoms with van der Waals surface area (Å²) in [5, 5.41) is 0. The lowest BCUT2D eigenvalue weighted by Crippen LogP contribution is -2.12. The fourth-order valence-corrected chi connectivity index (χ4v) is 1.43. The number of nitrogens with zero attached hydrogens (tertiary/aromatic N) is 3. The maximum absolute atomic E-state index is 5.54. The normalized spacial score (nSPS) is 10.0. The first-order chi connectivity index (χ1) is 8.20. The predicted molar refractivity (Wildman–Crippen MR) is 67.5 cm³/mol. The molecule has 5 heteroatoms. The van der Waals surface area contributed by atoms with Crippen molar-refractivity contribution < 1.29 is 4.74 Å². The summed E-state index contributed by atoms with van der Waals surface area (Å²) >= 11 is 0. The second-order valence-electron chi connectivity index (χ2n) is 3.57. The van der Waals surface area contributed by atoms with Gasteiger partial charge in [0.2, 0.25) is 5.95 Å². The summed E-state index contributed by atoms with van der Waals surface area (Å²) in [6, 6.07) is 7.67. The third kappa shape index (κ3) is 2.44. The first kappa shape index (κ1) is 11.2. The van der Waals surface area contributed by atoms with Crippen molar-refractivity contribution in [3.63, 3.8) is 0 Å². The van der Waals surface area contributed by atoms with Gasteiger partial charge >= 0.3 is 0 Å². The molecule has 1 aromatic carbocycles. The van der Waals surface area contributed by atoms with Gasteiger partial charge in [0.1, 0.15) is 5.75 Å². The quantitative estimate of drug-likeness (QED) is 0.871. The third-order valence-electron chi connectivity index (χ3n) is 2.42. The molecule has 17 heavy (non-hydrogen) atoms. The standard InChI is InChI=1S/C12H14N4O/c1-16(12-14-7-9(13)8-15-12)10-3-5-11(17-2)6-4-10/h3-8H,13H2,1-2H3. The van der Waals surface area contributed by atoms with Crippen molar-refractivity contribution in [3.8, 4) is 5.75 Å². The Morgan fingerprint density at radius 3 is 2.24 bits per heavy atom. The van der Waals surface area contributed by atoms with E-state index >= 15 is 0 Å². The third-order valence-corrected chi connectivity index (χ3v) is 2.42. The van der Waals surface area contributed by atoms with Crippen LogP contribution >= 0.6 is 0 Å². The van der Waals surface area contributed by atoms with Crippen LogP contribution in [0.15, 0.2) is 36.7 Å². The fourth-order valence-electron chi connectivity index (χ4n) is 1.43. The van der Waals surface area contributed by atoms with E-state index in [0.29, 0.717) is 11.6 Å². The molecule has 2 N–H and O–H groups in total. The predicted octanol–water partition coefficient (Wildman–Crippen LogP) is 1.84. The van der Waals surface area contributed by atoms with E-state index in [4.69, 9.17) is 10.5 Å². The largest absolute Gasteiger partial charge is 0.497 e. The summed E-state index contributed by atoms with van der Waals surface area (Å²) in [7, 11) is 3.54. The van der Waals surface area contributed by atoms with Gasteiger partial charge < -0.3 is 15.4 Å². The van der Waals surface area contributed by atoms with E-state index in [2.05, 4.69) is 9.97 Å². The highest BCUT2D eigenvalue weighted by Gasteiger charge is 2.06. The van der Waals surface area contributed by atoms with E-state index in [1.807, 2.05) is 36.2 Å². The molecule has 1 aromatic heterocycles. The van der Waals surface area contributed by atoms with Gasteiger partial charge in [0.25, 0.3) is 0 Å². The number of aromatic nitrogens is 2. The Kier molecular flexibility index (Phi) is 3.09. The molecule has 0 bridgehead atoms. The molecular weight excluding hydrogens is 216 g/mol. The number of hydrogen-bond donors (Lipinski definition) is 1. The average Bonchev–Trinajstić information content (AvgIpc) is 2.39. The summed E-state index contributed by atoms with van der Waals surface area (Å²) in [5.41, 5.74) is 7.08. The van der Waals surface area contributed by atoms with Gasteiger partial charge in [-0.15, -0.1) is 0 Å². The summed E-state index contributed by atoms with van der Waals surface area (Å²) in [5.74, 6) is 1.42. The number of benzene rings is 1. The molecule has 0 atom stereocenters.